The molecule has 0 N–H and O–H groups in total. The van der Waals surface area contributed by atoms with Gasteiger partial charge in [-0.25, -0.2) is 9.69 Å². The van der Waals surface area contributed by atoms with Crippen LogP contribution < -0.4 is 9.64 Å². The lowest BCUT2D eigenvalue weighted by molar-refractivity contribution is -0.274. The fraction of sp³-hybridized carbons (Fsp3) is 0.409. The molecule has 33 heavy (non-hydrogen) atoms. The van der Waals surface area contributed by atoms with Gasteiger partial charge in [0, 0.05) is 24.5 Å². The molecule has 3 heterocycles. The van der Waals surface area contributed by atoms with Crippen molar-refractivity contribution in [3.8, 4) is 5.75 Å². The predicted molar refractivity (Wildman–Crippen MR) is 111 cm³/mol. The number of nitrogens with zero attached hydrogens (tertiary/aromatic N) is 4. The summed E-state index contributed by atoms with van der Waals surface area (Å²) in [4.78, 5) is 34.4. The monoisotopic (exact) mass is 464 g/mol. The lowest BCUT2D eigenvalue weighted by Crippen LogP contribution is -2.37. The van der Waals surface area contributed by atoms with Gasteiger partial charge in [-0.3, -0.25) is 14.7 Å². The second-order valence-electron chi connectivity index (χ2n) is 7.73. The molecule has 0 aliphatic carbocycles. The largest absolute Gasteiger partial charge is 0.573 e. The normalized spacial score (nSPS) is 18.3. The number of rotatable bonds is 8. The Morgan fingerprint density at radius 2 is 1.67 bits per heavy atom. The Hall–Kier alpha value is -3.18. The molecule has 1 aromatic carbocycles. The Labute approximate surface area is 188 Å². The van der Waals surface area contributed by atoms with E-state index in [2.05, 4.69) is 14.6 Å². The second kappa shape index (κ2) is 9.75. The van der Waals surface area contributed by atoms with Crippen LogP contribution in [0, 0.1) is 0 Å². The van der Waals surface area contributed by atoms with E-state index in [1.807, 2.05) is 0 Å². The number of ether oxygens (including phenoxy) is 2. The number of pyridine rings is 1. The number of aromatic nitrogens is 1. The number of likely N-dealkylation sites (tertiary alicyclic amines) is 1. The van der Waals surface area contributed by atoms with E-state index < -0.39 is 30.3 Å². The van der Waals surface area contributed by atoms with Gasteiger partial charge in [0.15, 0.2) is 6.23 Å². The van der Waals surface area contributed by atoms with Crippen molar-refractivity contribution in [1.29, 1.82) is 0 Å². The highest BCUT2D eigenvalue weighted by Gasteiger charge is 2.42. The molecule has 2 aromatic rings. The number of alkyl halides is 3. The lowest BCUT2D eigenvalue weighted by Gasteiger charge is -2.28. The number of anilines is 1. The van der Waals surface area contributed by atoms with E-state index in [0.717, 1.165) is 43.0 Å². The van der Waals surface area contributed by atoms with Crippen molar-refractivity contribution < 1.29 is 32.2 Å². The van der Waals surface area contributed by atoms with Gasteiger partial charge in [-0.1, -0.05) is 0 Å². The lowest BCUT2D eigenvalue weighted by atomic mass is 10.2. The van der Waals surface area contributed by atoms with E-state index >= 15 is 0 Å². The maximum atomic E-state index is 13.2. The van der Waals surface area contributed by atoms with Gasteiger partial charge >= 0.3 is 12.4 Å². The zero-order valence-electron chi connectivity index (χ0n) is 17.7. The summed E-state index contributed by atoms with van der Waals surface area (Å²) in [5, 5.41) is 0. The van der Waals surface area contributed by atoms with Crippen molar-refractivity contribution in [3.63, 3.8) is 0 Å². The molecule has 2 aliphatic heterocycles. The van der Waals surface area contributed by atoms with Crippen LogP contribution in [-0.2, 0) is 9.53 Å². The summed E-state index contributed by atoms with van der Waals surface area (Å²) in [5.41, 5.74) is 0.816. The van der Waals surface area contributed by atoms with E-state index in [1.165, 1.54) is 17.0 Å². The summed E-state index contributed by atoms with van der Waals surface area (Å²) in [6, 6.07) is 7.38. The number of amides is 3. The van der Waals surface area contributed by atoms with Crippen LogP contribution >= 0.6 is 0 Å². The van der Waals surface area contributed by atoms with Gasteiger partial charge in [0.1, 0.15) is 12.3 Å². The van der Waals surface area contributed by atoms with Crippen LogP contribution in [0.1, 0.15) is 24.6 Å². The predicted octanol–water partition coefficient (Wildman–Crippen LogP) is 3.56. The van der Waals surface area contributed by atoms with Crippen molar-refractivity contribution in [2.75, 3.05) is 37.7 Å². The molecule has 176 valence electrons. The fourth-order valence-corrected chi connectivity index (χ4v) is 3.95. The quantitative estimate of drug-likeness (QED) is 0.557. The Morgan fingerprint density at radius 3 is 2.30 bits per heavy atom. The average Bonchev–Trinajstić information content (AvgIpc) is 3.39. The second-order valence-corrected chi connectivity index (χ2v) is 7.73. The Kier molecular flexibility index (Phi) is 6.80. The third-order valence-corrected chi connectivity index (χ3v) is 5.48. The van der Waals surface area contributed by atoms with Crippen LogP contribution in [0.2, 0.25) is 0 Å². The van der Waals surface area contributed by atoms with Crippen molar-refractivity contribution in [3.05, 3.63) is 54.4 Å². The molecule has 2 saturated heterocycles. The van der Waals surface area contributed by atoms with Gasteiger partial charge in [-0.05, 0) is 62.3 Å². The topological polar surface area (TPSA) is 75.2 Å². The molecule has 8 nitrogen and oxygen atoms in total. The summed E-state index contributed by atoms with van der Waals surface area (Å²) in [7, 11) is 0. The van der Waals surface area contributed by atoms with Gasteiger partial charge in [0.05, 0.1) is 12.3 Å². The van der Waals surface area contributed by atoms with Gasteiger partial charge < -0.3 is 14.4 Å². The third kappa shape index (κ3) is 5.60. The minimum Gasteiger partial charge on any atom is -0.406 e. The molecule has 2 fully saturated rings. The van der Waals surface area contributed by atoms with E-state index in [4.69, 9.17) is 4.74 Å². The molecular weight excluding hydrogens is 441 g/mol. The van der Waals surface area contributed by atoms with Crippen LogP contribution in [0.4, 0.5) is 23.7 Å². The van der Waals surface area contributed by atoms with Crippen LogP contribution in [0.5, 0.6) is 5.75 Å². The number of imide groups is 1. The van der Waals surface area contributed by atoms with E-state index in [9.17, 15) is 22.8 Å². The molecule has 0 saturated carbocycles. The Bertz CT molecular complexity index is 966. The molecule has 3 amide bonds. The molecule has 11 heteroatoms. The number of hydrogen-bond acceptors (Lipinski definition) is 6. The number of carbonyl (C=O) groups excluding carboxylic acids is 2. The van der Waals surface area contributed by atoms with Crippen molar-refractivity contribution >= 4 is 17.6 Å². The maximum Gasteiger partial charge on any atom is 0.573 e. The minimum atomic E-state index is -4.83. The highest BCUT2D eigenvalue weighted by molar-refractivity contribution is 6.19. The maximum absolute atomic E-state index is 13.2. The number of hydrogen-bond donors (Lipinski definition) is 0. The minimum absolute atomic E-state index is 0.146. The van der Waals surface area contributed by atoms with Gasteiger partial charge in [-0.2, -0.15) is 0 Å². The zero-order valence-corrected chi connectivity index (χ0v) is 17.7. The number of halogens is 3. The molecule has 0 bridgehead atoms. The Balaban J connectivity index is 1.49. The number of carbonyl (C=O) groups is 2. The molecule has 0 spiro atoms. The summed E-state index contributed by atoms with van der Waals surface area (Å²) in [6.45, 7) is 2.87. The first kappa shape index (κ1) is 23.0. The van der Waals surface area contributed by atoms with Crippen molar-refractivity contribution in [2.45, 2.75) is 25.4 Å². The van der Waals surface area contributed by atoms with E-state index in [1.54, 1.807) is 24.5 Å². The molecule has 4 rings (SSSR count). The highest BCUT2D eigenvalue weighted by atomic mass is 19.4. The van der Waals surface area contributed by atoms with E-state index in [-0.39, 0.29) is 12.2 Å². The van der Waals surface area contributed by atoms with Crippen molar-refractivity contribution in [2.24, 2.45) is 0 Å². The molecule has 1 atom stereocenters. The summed E-state index contributed by atoms with van der Waals surface area (Å²) in [5.74, 6) is -0.950. The SMILES string of the molecule is O=C1CN(C(OCCN2CCCC2)c2ccncc2)C(=O)N1c1ccc(OC(F)(F)F)cc1. The number of urea groups is 1. The van der Waals surface area contributed by atoms with Crippen molar-refractivity contribution in [1.82, 2.24) is 14.8 Å². The van der Waals surface area contributed by atoms with Gasteiger partial charge in [-0.15, -0.1) is 13.2 Å². The standard InChI is InChI=1S/C22H23F3N4O4/c23-22(24,25)33-18-5-3-17(4-6-18)29-19(30)15-28(21(29)31)20(16-7-9-26-10-8-16)32-14-13-27-11-1-2-12-27/h3-10,20H,1-2,11-15H2. The average molecular weight is 464 g/mol. The highest BCUT2D eigenvalue weighted by Crippen LogP contribution is 2.31. The molecule has 1 aromatic heterocycles. The summed E-state index contributed by atoms with van der Waals surface area (Å²) < 4.78 is 47.1. The van der Waals surface area contributed by atoms with Gasteiger partial charge in [0.2, 0.25) is 0 Å². The third-order valence-electron chi connectivity index (χ3n) is 5.48. The molecule has 0 radical (unpaired) electrons. The molecule has 1 unspecified atom stereocenters. The van der Waals surface area contributed by atoms with Crippen LogP contribution in [0.25, 0.3) is 0 Å². The first-order chi connectivity index (χ1) is 15.8. The molecular formula is C22H23F3N4O4. The van der Waals surface area contributed by atoms with Crippen LogP contribution in [0.15, 0.2) is 48.8 Å². The zero-order chi connectivity index (χ0) is 23.4. The first-order valence-electron chi connectivity index (χ1n) is 10.5. The summed E-state index contributed by atoms with van der Waals surface area (Å²) >= 11 is 0. The first-order valence-corrected chi connectivity index (χ1v) is 10.5. The molecule has 2 aliphatic rings. The number of benzene rings is 1. The smallest absolute Gasteiger partial charge is 0.406 e. The van der Waals surface area contributed by atoms with Crippen LogP contribution in [-0.4, -0.2) is 65.9 Å². The fourth-order valence-electron chi connectivity index (χ4n) is 3.95. The van der Waals surface area contributed by atoms with Gasteiger partial charge in [0.25, 0.3) is 5.91 Å². The van der Waals surface area contributed by atoms with E-state index in [0.29, 0.717) is 18.7 Å². The van der Waals surface area contributed by atoms with Crippen LogP contribution in [0.3, 0.4) is 0 Å². The summed E-state index contributed by atoms with van der Waals surface area (Å²) in [6.07, 6.45) is -0.188. The Morgan fingerprint density at radius 1 is 1.00 bits per heavy atom.